The van der Waals surface area contributed by atoms with Gasteiger partial charge in [-0.2, -0.15) is 0 Å². The molecule has 2 N–H and O–H groups in total. The molecule has 0 unspecified atom stereocenters. The summed E-state index contributed by atoms with van der Waals surface area (Å²) in [6, 6.07) is 6.34. The standard InChI is InChI=1S/C13H18N4/c1-4-10-6-7-11(8-9(10)3)17-12(5-2)13(14)15-16-17/h6-8H,4-5,14H2,1-3H3. The number of hydrogen-bond donors (Lipinski definition) is 1. The van der Waals surface area contributed by atoms with Crippen molar-refractivity contribution in [2.24, 2.45) is 0 Å². The van der Waals surface area contributed by atoms with E-state index in [4.69, 9.17) is 5.73 Å². The molecule has 0 amide bonds. The van der Waals surface area contributed by atoms with Gasteiger partial charge in [-0.1, -0.05) is 25.1 Å². The van der Waals surface area contributed by atoms with Gasteiger partial charge in [0.1, 0.15) is 0 Å². The summed E-state index contributed by atoms with van der Waals surface area (Å²) in [5.41, 5.74) is 10.4. The Morgan fingerprint density at radius 2 is 2.00 bits per heavy atom. The third-order valence-corrected chi connectivity index (χ3v) is 3.08. The zero-order chi connectivity index (χ0) is 12.4. The van der Waals surface area contributed by atoms with Crippen LogP contribution in [0.4, 0.5) is 5.82 Å². The molecule has 1 aromatic heterocycles. The molecule has 0 aliphatic rings. The van der Waals surface area contributed by atoms with Gasteiger partial charge in [0.05, 0.1) is 11.4 Å². The Morgan fingerprint density at radius 3 is 2.59 bits per heavy atom. The maximum absolute atomic E-state index is 5.79. The maximum Gasteiger partial charge on any atom is 0.169 e. The molecule has 2 rings (SSSR count). The summed E-state index contributed by atoms with van der Waals surface area (Å²) in [4.78, 5) is 0. The van der Waals surface area contributed by atoms with E-state index in [1.165, 1.54) is 11.1 Å². The van der Waals surface area contributed by atoms with Crippen LogP contribution in [0.25, 0.3) is 5.69 Å². The molecule has 0 saturated heterocycles. The lowest BCUT2D eigenvalue weighted by molar-refractivity contribution is 0.766. The molecule has 0 fully saturated rings. The van der Waals surface area contributed by atoms with Crippen molar-refractivity contribution in [1.29, 1.82) is 0 Å². The normalized spacial score (nSPS) is 10.8. The molecular formula is C13H18N4. The first-order chi connectivity index (χ1) is 8.17. The molecule has 0 radical (unpaired) electrons. The highest BCUT2D eigenvalue weighted by atomic mass is 15.4. The molecule has 4 heteroatoms. The Bertz CT molecular complexity index is 528. The van der Waals surface area contributed by atoms with Crippen LogP contribution >= 0.6 is 0 Å². The lowest BCUT2D eigenvalue weighted by Crippen LogP contribution is -2.03. The molecule has 0 aliphatic carbocycles. The van der Waals surface area contributed by atoms with Crippen molar-refractivity contribution in [3.8, 4) is 5.69 Å². The fourth-order valence-corrected chi connectivity index (χ4v) is 2.06. The molecule has 0 atom stereocenters. The number of aromatic nitrogens is 3. The average Bonchev–Trinajstić information content (AvgIpc) is 2.70. The van der Waals surface area contributed by atoms with Crippen molar-refractivity contribution < 1.29 is 0 Å². The topological polar surface area (TPSA) is 56.7 Å². The van der Waals surface area contributed by atoms with Gasteiger partial charge in [0.2, 0.25) is 0 Å². The summed E-state index contributed by atoms with van der Waals surface area (Å²) < 4.78 is 1.82. The monoisotopic (exact) mass is 230 g/mol. The third-order valence-electron chi connectivity index (χ3n) is 3.08. The lowest BCUT2D eigenvalue weighted by Gasteiger charge is -2.08. The van der Waals surface area contributed by atoms with Crippen molar-refractivity contribution in [1.82, 2.24) is 15.0 Å². The fraction of sp³-hybridized carbons (Fsp3) is 0.385. The van der Waals surface area contributed by atoms with Gasteiger partial charge in [-0.3, -0.25) is 0 Å². The Morgan fingerprint density at radius 1 is 1.24 bits per heavy atom. The van der Waals surface area contributed by atoms with Gasteiger partial charge in [0.15, 0.2) is 5.82 Å². The second-order valence-corrected chi connectivity index (χ2v) is 4.15. The van der Waals surface area contributed by atoms with Gasteiger partial charge in [0, 0.05) is 0 Å². The number of nitrogens with two attached hydrogens (primary N) is 1. The molecule has 17 heavy (non-hydrogen) atoms. The SMILES string of the molecule is CCc1ccc(-n2nnc(N)c2CC)cc1C. The van der Waals surface area contributed by atoms with E-state index in [1.54, 1.807) is 0 Å². The van der Waals surface area contributed by atoms with E-state index in [2.05, 4.69) is 49.3 Å². The Labute approximate surface area is 101 Å². The molecule has 4 nitrogen and oxygen atoms in total. The lowest BCUT2D eigenvalue weighted by atomic mass is 10.1. The van der Waals surface area contributed by atoms with Crippen LogP contribution in [0.5, 0.6) is 0 Å². The zero-order valence-corrected chi connectivity index (χ0v) is 10.6. The van der Waals surface area contributed by atoms with E-state index in [0.717, 1.165) is 24.2 Å². The Kier molecular flexibility index (Phi) is 3.13. The molecule has 0 saturated carbocycles. The summed E-state index contributed by atoms with van der Waals surface area (Å²) in [5, 5.41) is 8.02. The van der Waals surface area contributed by atoms with E-state index >= 15 is 0 Å². The first-order valence-corrected chi connectivity index (χ1v) is 5.97. The van der Waals surface area contributed by atoms with E-state index < -0.39 is 0 Å². The Hall–Kier alpha value is -1.84. The smallest absolute Gasteiger partial charge is 0.169 e. The number of aryl methyl sites for hydroxylation is 2. The summed E-state index contributed by atoms with van der Waals surface area (Å²) in [6.45, 7) is 6.33. The van der Waals surface area contributed by atoms with Crippen molar-refractivity contribution in [3.63, 3.8) is 0 Å². The fourth-order valence-electron chi connectivity index (χ4n) is 2.06. The first-order valence-electron chi connectivity index (χ1n) is 5.97. The summed E-state index contributed by atoms with van der Waals surface area (Å²) in [7, 11) is 0. The summed E-state index contributed by atoms with van der Waals surface area (Å²) in [6.07, 6.45) is 1.87. The number of hydrogen-bond acceptors (Lipinski definition) is 3. The Balaban J connectivity index is 2.49. The minimum atomic E-state index is 0.518. The van der Waals surface area contributed by atoms with Crippen molar-refractivity contribution >= 4 is 5.82 Å². The van der Waals surface area contributed by atoms with E-state index in [1.807, 2.05) is 4.68 Å². The van der Waals surface area contributed by atoms with Gasteiger partial charge in [-0.25, -0.2) is 4.68 Å². The van der Waals surface area contributed by atoms with Crippen LogP contribution in [0.2, 0.25) is 0 Å². The van der Waals surface area contributed by atoms with Crippen LogP contribution < -0.4 is 5.73 Å². The number of rotatable bonds is 3. The average molecular weight is 230 g/mol. The van der Waals surface area contributed by atoms with Crippen LogP contribution in [0.3, 0.4) is 0 Å². The summed E-state index contributed by atoms with van der Waals surface area (Å²) >= 11 is 0. The number of nitrogen functional groups attached to an aromatic ring is 1. The van der Waals surface area contributed by atoms with E-state index in [0.29, 0.717) is 5.82 Å². The summed E-state index contributed by atoms with van der Waals surface area (Å²) in [5.74, 6) is 0.518. The zero-order valence-electron chi connectivity index (χ0n) is 10.6. The third kappa shape index (κ3) is 2.02. The maximum atomic E-state index is 5.79. The predicted octanol–water partition coefficient (Wildman–Crippen LogP) is 2.28. The molecule has 90 valence electrons. The molecule has 1 aromatic carbocycles. The van der Waals surface area contributed by atoms with E-state index in [9.17, 15) is 0 Å². The van der Waals surface area contributed by atoms with Crippen molar-refractivity contribution in [2.45, 2.75) is 33.6 Å². The second kappa shape index (κ2) is 4.57. The predicted molar refractivity (Wildman–Crippen MR) is 69.3 cm³/mol. The van der Waals surface area contributed by atoms with Crippen LogP contribution in [0, 0.1) is 6.92 Å². The largest absolute Gasteiger partial charge is 0.381 e. The van der Waals surface area contributed by atoms with Gasteiger partial charge < -0.3 is 5.73 Å². The number of anilines is 1. The molecule has 0 aliphatic heterocycles. The highest BCUT2D eigenvalue weighted by molar-refractivity contribution is 5.44. The highest BCUT2D eigenvalue weighted by Gasteiger charge is 2.10. The van der Waals surface area contributed by atoms with Crippen LogP contribution in [-0.4, -0.2) is 15.0 Å². The number of nitrogens with zero attached hydrogens (tertiary/aromatic N) is 3. The van der Waals surface area contributed by atoms with Gasteiger partial charge in [-0.15, -0.1) is 5.10 Å². The quantitative estimate of drug-likeness (QED) is 0.880. The molecule has 0 bridgehead atoms. The highest BCUT2D eigenvalue weighted by Crippen LogP contribution is 2.18. The minimum Gasteiger partial charge on any atom is -0.381 e. The van der Waals surface area contributed by atoms with Crippen molar-refractivity contribution in [2.75, 3.05) is 5.73 Å². The van der Waals surface area contributed by atoms with Crippen LogP contribution in [0.1, 0.15) is 30.7 Å². The second-order valence-electron chi connectivity index (χ2n) is 4.15. The molecule has 2 aromatic rings. The van der Waals surface area contributed by atoms with Gasteiger partial charge in [-0.05, 0) is 43.0 Å². The number of benzene rings is 1. The minimum absolute atomic E-state index is 0.518. The van der Waals surface area contributed by atoms with Gasteiger partial charge in [0.25, 0.3) is 0 Å². The molecular weight excluding hydrogens is 212 g/mol. The molecule has 0 spiro atoms. The van der Waals surface area contributed by atoms with Crippen LogP contribution in [-0.2, 0) is 12.8 Å². The van der Waals surface area contributed by atoms with E-state index in [-0.39, 0.29) is 0 Å². The van der Waals surface area contributed by atoms with Gasteiger partial charge >= 0.3 is 0 Å². The first kappa shape index (κ1) is 11.6. The molecule has 1 heterocycles. The van der Waals surface area contributed by atoms with Crippen molar-refractivity contribution in [3.05, 3.63) is 35.0 Å². The van der Waals surface area contributed by atoms with Crippen LogP contribution in [0.15, 0.2) is 18.2 Å².